The van der Waals surface area contributed by atoms with E-state index in [4.69, 9.17) is 0 Å². The SMILES string of the molecule is CC1(C(=O)Nc2ccc(Br)cc2Br)CCNCC1. The van der Waals surface area contributed by atoms with E-state index in [1.54, 1.807) is 0 Å². The number of hydrogen-bond acceptors (Lipinski definition) is 2. The standard InChI is InChI=1S/C13H16Br2N2O/c1-13(4-6-16-7-5-13)12(18)17-11-3-2-9(14)8-10(11)15/h2-3,8,16H,4-7H2,1H3,(H,17,18). The lowest BCUT2D eigenvalue weighted by Crippen LogP contribution is -2.42. The van der Waals surface area contributed by atoms with E-state index in [1.165, 1.54) is 0 Å². The number of piperidine rings is 1. The Bertz CT molecular complexity index is 456. The van der Waals surface area contributed by atoms with Crippen LogP contribution >= 0.6 is 31.9 Å². The fourth-order valence-corrected chi connectivity index (χ4v) is 3.22. The molecule has 0 aromatic heterocycles. The molecule has 1 aliphatic heterocycles. The molecule has 1 heterocycles. The van der Waals surface area contributed by atoms with Crippen LogP contribution < -0.4 is 10.6 Å². The summed E-state index contributed by atoms with van der Waals surface area (Å²) in [5.41, 5.74) is 0.556. The average Bonchev–Trinajstić information content (AvgIpc) is 2.33. The van der Waals surface area contributed by atoms with Crippen LogP contribution in [0.2, 0.25) is 0 Å². The molecular weight excluding hydrogens is 360 g/mol. The first-order chi connectivity index (χ1) is 8.51. The second-order valence-corrected chi connectivity index (χ2v) is 6.66. The Morgan fingerprint density at radius 1 is 1.33 bits per heavy atom. The van der Waals surface area contributed by atoms with E-state index in [0.717, 1.165) is 40.6 Å². The Labute approximate surface area is 124 Å². The minimum atomic E-state index is -0.266. The molecule has 2 N–H and O–H groups in total. The van der Waals surface area contributed by atoms with Gasteiger partial charge in [0.2, 0.25) is 5.91 Å². The van der Waals surface area contributed by atoms with Crippen LogP contribution in [-0.2, 0) is 4.79 Å². The number of carbonyl (C=O) groups is 1. The zero-order valence-electron chi connectivity index (χ0n) is 10.2. The number of nitrogens with one attached hydrogen (secondary N) is 2. The van der Waals surface area contributed by atoms with Crippen LogP contribution in [0.1, 0.15) is 19.8 Å². The van der Waals surface area contributed by atoms with Gasteiger partial charge in [0.15, 0.2) is 0 Å². The number of hydrogen-bond donors (Lipinski definition) is 2. The van der Waals surface area contributed by atoms with Crippen molar-refractivity contribution in [3.63, 3.8) is 0 Å². The Morgan fingerprint density at radius 2 is 2.00 bits per heavy atom. The molecule has 0 saturated carbocycles. The number of carbonyl (C=O) groups excluding carboxylic acids is 1. The third-order valence-electron chi connectivity index (χ3n) is 3.43. The quantitative estimate of drug-likeness (QED) is 0.829. The van der Waals surface area contributed by atoms with Gasteiger partial charge < -0.3 is 10.6 Å². The molecule has 1 saturated heterocycles. The summed E-state index contributed by atoms with van der Waals surface area (Å²) in [6.45, 7) is 3.85. The highest BCUT2D eigenvalue weighted by Crippen LogP contribution is 2.32. The topological polar surface area (TPSA) is 41.1 Å². The Balaban J connectivity index is 2.11. The zero-order valence-corrected chi connectivity index (χ0v) is 13.4. The second-order valence-electron chi connectivity index (χ2n) is 4.89. The smallest absolute Gasteiger partial charge is 0.230 e. The van der Waals surface area contributed by atoms with Gasteiger partial charge in [0, 0.05) is 14.4 Å². The lowest BCUT2D eigenvalue weighted by atomic mass is 9.80. The van der Waals surface area contributed by atoms with Crippen LogP contribution in [0, 0.1) is 5.41 Å². The van der Waals surface area contributed by atoms with Gasteiger partial charge in [-0.1, -0.05) is 22.9 Å². The number of anilines is 1. The zero-order chi connectivity index (χ0) is 13.2. The number of rotatable bonds is 2. The van der Waals surface area contributed by atoms with Gasteiger partial charge in [0.05, 0.1) is 5.69 Å². The largest absolute Gasteiger partial charge is 0.325 e. The van der Waals surface area contributed by atoms with Gasteiger partial charge in [-0.2, -0.15) is 0 Å². The van der Waals surface area contributed by atoms with E-state index in [0.29, 0.717) is 0 Å². The Kier molecular flexibility index (Phi) is 4.45. The molecule has 18 heavy (non-hydrogen) atoms. The molecule has 0 bridgehead atoms. The van der Waals surface area contributed by atoms with E-state index in [9.17, 15) is 4.79 Å². The molecule has 1 aliphatic rings. The van der Waals surface area contributed by atoms with E-state index in [1.807, 2.05) is 25.1 Å². The molecule has 0 radical (unpaired) electrons. The Hall–Kier alpha value is -0.390. The van der Waals surface area contributed by atoms with Gasteiger partial charge >= 0.3 is 0 Å². The molecule has 0 unspecified atom stereocenters. The third kappa shape index (κ3) is 3.13. The average molecular weight is 376 g/mol. The minimum absolute atomic E-state index is 0.104. The van der Waals surface area contributed by atoms with Gasteiger partial charge in [-0.3, -0.25) is 4.79 Å². The molecule has 1 amide bonds. The van der Waals surface area contributed by atoms with Crippen molar-refractivity contribution in [2.75, 3.05) is 18.4 Å². The van der Waals surface area contributed by atoms with Gasteiger partial charge in [0.25, 0.3) is 0 Å². The van der Waals surface area contributed by atoms with Crippen molar-refractivity contribution in [2.24, 2.45) is 5.41 Å². The normalized spacial score (nSPS) is 18.4. The minimum Gasteiger partial charge on any atom is -0.325 e. The summed E-state index contributed by atoms with van der Waals surface area (Å²) < 4.78 is 1.88. The Morgan fingerprint density at radius 3 is 2.61 bits per heavy atom. The summed E-state index contributed by atoms with van der Waals surface area (Å²) in [6.07, 6.45) is 1.76. The highest BCUT2D eigenvalue weighted by atomic mass is 79.9. The van der Waals surface area contributed by atoms with Crippen molar-refractivity contribution in [3.8, 4) is 0 Å². The van der Waals surface area contributed by atoms with Crippen LogP contribution in [0.3, 0.4) is 0 Å². The van der Waals surface area contributed by atoms with Crippen LogP contribution in [0.4, 0.5) is 5.69 Å². The van der Waals surface area contributed by atoms with Gasteiger partial charge in [-0.05, 0) is 60.1 Å². The highest BCUT2D eigenvalue weighted by molar-refractivity contribution is 9.11. The fraction of sp³-hybridized carbons (Fsp3) is 0.462. The first kappa shape index (κ1) is 14.0. The van der Waals surface area contributed by atoms with Crippen LogP contribution in [0.25, 0.3) is 0 Å². The lowest BCUT2D eigenvalue weighted by Gasteiger charge is -2.32. The molecule has 1 aromatic carbocycles. The summed E-state index contributed by atoms with van der Waals surface area (Å²) in [4.78, 5) is 12.4. The first-order valence-corrected chi connectivity index (χ1v) is 7.57. The first-order valence-electron chi connectivity index (χ1n) is 5.98. The van der Waals surface area contributed by atoms with Crippen molar-refractivity contribution in [1.29, 1.82) is 0 Å². The van der Waals surface area contributed by atoms with E-state index in [-0.39, 0.29) is 11.3 Å². The maximum Gasteiger partial charge on any atom is 0.230 e. The predicted octanol–water partition coefficient (Wildman–Crippen LogP) is 3.54. The van der Waals surface area contributed by atoms with Crippen LogP contribution in [0.5, 0.6) is 0 Å². The molecule has 0 aliphatic carbocycles. The number of amides is 1. The molecule has 3 nitrogen and oxygen atoms in total. The third-order valence-corrected chi connectivity index (χ3v) is 4.58. The monoisotopic (exact) mass is 374 g/mol. The highest BCUT2D eigenvalue weighted by Gasteiger charge is 2.34. The molecule has 98 valence electrons. The van der Waals surface area contributed by atoms with E-state index >= 15 is 0 Å². The second kappa shape index (κ2) is 5.72. The maximum absolute atomic E-state index is 12.4. The van der Waals surface area contributed by atoms with E-state index in [2.05, 4.69) is 42.5 Å². The van der Waals surface area contributed by atoms with Crippen LogP contribution in [0.15, 0.2) is 27.1 Å². The van der Waals surface area contributed by atoms with E-state index < -0.39 is 0 Å². The predicted molar refractivity (Wildman–Crippen MR) is 80.7 cm³/mol. The van der Waals surface area contributed by atoms with Crippen molar-refractivity contribution < 1.29 is 4.79 Å². The summed E-state index contributed by atoms with van der Waals surface area (Å²) >= 11 is 6.86. The lowest BCUT2D eigenvalue weighted by molar-refractivity contribution is -0.126. The van der Waals surface area contributed by atoms with Crippen LogP contribution in [-0.4, -0.2) is 19.0 Å². The molecule has 1 fully saturated rings. The molecular formula is C13H16Br2N2O. The van der Waals surface area contributed by atoms with Gasteiger partial charge in [-0.15, -0.1) is 0 Å². The number of halogens is 2. The number of benzene rings is 1. The molecule has 2 rings (SSSR count). The fourth-order valence-electron chi connectivity index (χ4n) is 2.07. The molecule has 5 heteroatoms. The van der Waals surface area contributed by atoms with Crippen molar-refractivity contribution >= 4 is 43.5 Å². The molecule has 1 aromatic rings. The van der Waals surface area contributed by atoms with Gasteiger partial charge in [0.1, 0.15) is 0 Å². The molecule has 0 spiro atoms. The van der Waals surface area contributed by atoms with Gasteiger partial charge in [-0.25, -0.2) is 0 Å². The summed E-state index contributed by atoms with van der Waals surface area (Å²) in [6, 6.07) is 5.75. The van der Waals surface area contributed by atoms with Crippen molar-refractivity contribution in [1.82, 2.24) is 5.32 Å². The summed E-state index contributed by atoms with van der Waals surface area (Å²) in [5, 5.41) is 6.30. The summed E-state index contributed by atoms with van der Waals surface area (Å²) in [5.74, 6) is 0.104. The maximum atomic E-state index is 12.4. The molecule has 0 atom stereocenters. The summed E-state index contributed by atoms with van der Waals surface area (Å²) in [7, 11) is 0. The van der Waals surface area contributed by atoms with Crippen molar-refractivity contribution in [2.45, 2.75) is 19.8 Å². The van der Waals surface area contributed by atoms with Crippen molar-refractivity contribution in [3.05, 3.63) is 27.1 Å².